The first-order valence-corrected chi connectivity index (χ1v) is 9.21. The van der Waals surface area contributed by atoms with Crippen LogP contribution in [0.3, 0.4) is 0 Å². The van der Waals surface area contributed by atoms with Crippen LogP contribution in [0.1, 0.15) is 24.8 Å². The molecule has 0 aromatic heterocycles. The topological polar surface area (TPSA) is 29.1 Å². The molecule has 1 N–H and O–H groups in total. The molecule has 0 saturated carbocycles. The van der Waals surface area contributed by atoms with Gasteiger partial charge in [0.05, 0.1) is 5.69 Å². The third kappa shape index (κ3) is 4.97. The van der Waals surface area contributed by atoms with E-state index in [1.54, 1.807) is 11.8 Å². The Hall–Kier alpha value is -2.52. The Balaban J connectivity index is 1.67. The zero-order valence-corrected chi connectivity index (χ0v) is 15.0. The summed E-state index contributed by atoms with van der Waals surface area (Å²) in [5.41, 5.74) is 2.05. The van der Waals surface area contributed by atoms with Gasteiger partial charge in [0.1, 0.15) is 0 Å². The number of hydrogen-bond acceptors (Lipinski definition) is 2. The molecule has 0 fully saturated rings. The van der Waals surface area contributed by atoms with Crippen LogP contribution in [0.5, 0.6) is 0 Å². The van der Waals surface area contributed by atoms with E-state index in [0.717, 1.165) is 15.5 Å². The highest BCUT2D eigenvalue weighted by Gasteiger charge is 2.13. The second kappa shape index (κ2) is 8.54. The van der Waals surface area contributed by atoms with Gasteiger partial charge in [0.15, 0.2) is 0 Å². The van der Waals surface area contributed by atoms with E-state index in [2.05, 4.69) is 36.5 Å². The van der Waals surface area contributed by atoms with E-state index < -0.39 is 0 Å². The van der Waals surface area contributed by atoms with Crippen molar-refractivity contribution in [1.29, 1.82) is 0 Å². The normalized spacial score (nSPS) is 11.7. The largest absolute Gasteiger partial charge is 0.325 e. The Morgan fingerprint density at radius 1 is 0.880 bits per heavy atom. The van der Waals surface area contributed by atoms with Crippen molar-refractivity contribution in [3.8, 4) is 0 Å². The third-order valence-corrected chi connectivity index (χ3v) is 5.08. The lowest BCUT2D eigenvalue weighted by molar-refractivity contribution is -0.116. The summed E-state index contributed by atoms with van der Waals surface area (Å²) < 4.78 is 0. The molecule has 3 aromatic rings. The fourth-order valence-corrected chi connectivity index (χ4v) is 3.58. The first-order chi connectivity index (χ1) is 12.2. The minimum Gasteiger partial charge on any atom is -0.325 e. The molecule has 0 heterocycles. The Bertz CT molecular complexity index is 818. The van der Waals surface area contributed by atoms with Crippen molar-refractivity contribution in [2.24, 2.45) is 0 Å². The molecule has 0 radical (unpaired) electrons. The molecule has 0 aliphatic rings. The van der Waals surface area contributed by atoms with Gasteiger partial charge in [0.25, 0.3) is 0 Å². The lowest BCUT2D eigenvalue weighted by atomic mass is 9.97. The summed E-state index contributed by atoms with van der Waals surface area (Å²) in [7, 11) is 0. The van der Waals surface area contributed by atoms with Crippen LogP contribution in [0.25, 0.3) is 0 Å². The highest BCUT2D eigenvalue weighted by atomic mass is 32.2. The van der Waals surface area contributed by atoms with Gasteiger partial charge < -0.3 is 5.32 Å². The van der Waals surface area contributed by atoms with Crippen LogP contribution in [-0.4, -0.2) is 5.91 Å². The lowest BCUT2D eigenvalue weighted by Crippen LogP contribution is -2.14. The highest BCUT2D eigenvalue weighted by molar-refractivity contribution is 7.99. The molecule has 0 aliphatic carbocycles. The fourth-order valence-electron chi connectivity index (χ4n) is 2.65. The number of rotatable bonds is 6. The van der Waals surface area contributed by atoms with Crippen molar-refractivity contribution in [3.05, 3.63) is 90.5 Å². The van der Waals surface area contributed by atoms with Crippen LogP contribution in [0, 0.1) is 0 Å². The first-order valence-electron chi connectivity index (χ1n) is 8.39. The molecule has 3 aromatic carbocycles. The van der Waals surface area contributed by atoms with E-state index >= 15 is 0 Å². The SMILES string of the molecule is C[C@@H](CC(=O)Nc1ccccc1Sc1ccccc1)c1ccccc1. The second-order valence-corrected chi connectivity index (χ2v) is 7.09. The fraction of sp³-hybridized carbons (Fsp3) is 0.136. The summed E-state index contributed by atoms with van der Waals surface area (Å²) in [6.07, 6.45) is 0.467. The van der Waals surface area contributed by atoms with Gasteiger partial charge in [-0.1, -0.05) is 79.3 Å². The van der Waals surface area contributed by atoms with Crippen LogP contribution in [0.2, 0.25) is 0 Å². The third-order valence-electron chi connectivity index (χ3n) is 3.99. The molecule has 3 heteroatoms. The maximum Gasteiger partial charge on any atom is 0.225 e. The minimum atomic E-state index is 0.0393. The van der Waals surface area contributed by atoms with Crippen LogP contribution in [-0.2, 0) is 4.79 Å². The number of para-hydroxylation sites is 1. The van der Waals surface area contributed by atoms with Gasteiger partial charge in [-0.05, 0) is 35.7 Å². The molecule has 1 amide bonds. The van der Waals surface area contributed by atoms with Gasteiger partial charge in [0.2, 0.25) is 5.91 Å². The van der Waals surface area contributed by atoms with E-state index in [1.165, 1.54) is 5.56 Å². The Labute approximate surface area is 153 Å². The van der Waals surface area contributed by atoms with Crippen molar-refractivity contribution in [1.82, 2.24) is 0 Å². The molecule has 0 bridgehead atoms. The Morgan fingerprint density at radius 3 is 2.20 bits per heavy atom. The molecular formula is C22H21NOS. The number of carbonyl (C=O) groups excluding carboxylic acids is 1. The summed E-state index contributed by atoms with van der Waals surface area (Å²) in [5, 5.41) is 3.07. The van der Waals surface area contributed by atoms with Crippen molar-refractivity contribution in [2.45, 2.75) is 29.1 Å². The monoisotopic (exact) mass is 347 g/mol. The summed E-state index contributed by atoms with van der Waals surface area (Å²) in [5.74, 6) is 0.229. The number of hydrogen-bond donors (Lipinski definition) is 1. The maximum atomic E-state index is 12.5. The standard InChI is InChI=1S/C22H21NOS/c1-17(18-10-4-2-5-11-18)16-22(24)23-20-14-8-9-15-21(20)25-19-12-6-3-7-13-19/h2-15,17H,16H2,1H3,(H,23,24)/t17-/m0/s1. The molecule has 1 atom stereocenters. The zero-order chi connectivity index (χ0) is 17.5. The molecule has 0 unspecified atom stereocenters. The van der Waals surface area contributed by atoms with Gasteiger partial charge in [-0.3, -0.25) is 4.79 Å². The van der Waals surface area contributed by atoms with Gasteiger partial charge in [0, 0.05) is 16.2 Å². The van der Waals surface area contributed by atoms with Gasteiger partial charge in [-0.15, -0.1) is 0 Å². The van der Waals surface area contributed by atoms with Crippen molar-refractivity contribution in [3.63, 3.8) is 0 Å². The van der Waals surface area contributed by atoms with E-state index in [4.69, 9.17) is 0 Å². The molecule has 0 spiro atoms. The molecule has 0 aliphatic heterocycles. The number of anilines is 1. The van der Waals surface area contributed by atoms with E-state index in [-0.39, 0.29) is 11.8 Å². The minimum absolute atomic E-state index is 0.0393. The lowest BCUT2D eigenvalue weighted by Gasteiger charge is -2.14. The highest BCUT2D eigenvalue weighted by Crippen LogP contribution is 2.33. The molecule has 25 heavy (non-hydrogen) atoms. The average molecular weight is 347 g/mol. The summed E-state index contributed by atoms with van der Waals surface area (Å²) >= 11 is 1.66. The summed E-state index contributed by atoms with van der Waals surface area (Å²) in [6.45, 7) is 2.08. The average Bonchev–Trinajstić information content (AvgIpc) is 2.65. The molecular weight excluding hydrogens is 326 g/mol. The maximum absolute atomic E-state index is 12.5. The van der Waals surface area contributed by atoms with Crippen LogP contribution in [0.4, 0.5) is 5.69 Å². The smallest absolute Gasteiger partial charge is 0.225 e. The molecule has 126 valence electrons. The predicted molar refractivity (Wildman–Crippen MR) is 105 cm³/mol. The van der Waals surface area contributed by atoms with Crippen molar-refractivity contribution >= 4 is 23.4 Å². The number of nitrogens with one attached hydrogen (secondary N) is 1. The quantitative estimate of drug-likeness (QED) is 0.595. The van der Waals surface area contributed by atoms with Crippen LogP contribution in [0.15, 0.2) is 94.7 Å². The van der Waals surface area contributed by atoms with E-state index in [1.807, 2.05) is 60.7 Å². The Kier molecular flexibility index (Phi) is 5.91. The predicted octanol–water partition coefficient (Wildman–Crippen LogP) is 5.97. The second-order valence-electron chi connectivity index (χ2n) is 5.98. The first kappa shape index (κ1) is 17.3. The van der Waals surface area contributed by atoms with E-state index in [0.29, 0.717) is 6.42 Å². The molecule has 3 rings (SSSR count). The zero-order valence-electron chi connectivity index (χ0n) is 14.2. The van der Waals surface area contributed by atoms with Crippen molar-refractivity contribution < 1.29 is 4.79 Å². The van der Waals surface area contributed by atoms with Gasteiger partial charge in [-0.2, -0.15) is 0 Å². The number of amides is 1. The summed E-state index contributed by atoms with van der Waals surface area (Å²) in [4.78, 5) is 14.7. The summed E-state index contributed by atoms with van der Waals surface area (Å²) in [6, 6.07) is 28.3. The van der Waals surface area contributed by atoms with Crippen molar-refractivity contribution in [2.75, 3.05) is 5.32 Å². The van der Waals surface area contributed by atoms with Gasteiger partial charge in [-0.25, -0.2) is 0 Å². The van der Waals surface area contributed by atoms with E-state index in [9.17, 15) is 4.79 Å². The van der Waals surface area contributed by atoms with Crippen LogP contribution < -0.4 is 5.32 Å². The Morgan fingerprint density at radius 2 is 1.48 bits per heavy atom. The van der Waals surface area contributed by atoms with Gasteiger partial charge >= 0.3 is 0 Å². The van der Waals surface area contributed by atoms with Crippen LogP contribution >= 0.6 is 11.8 Å². The molecule has 2 nitrogen and oxygen atoms in total. The number of carbonyl (C=O) groups is 1. The number of benzene rings is 3. The molecule has 0 saturated heterocycles.